The van der Waals surface area contributed by atoms with Crippen molar-refractivity contribution in [2.75, 3.05) is 5.73 Å². The monoisotopic (exact) mass is 281 g/mol. The predicted molar refractivity (Wildman–Crippen MR) is 86.2 cm³/mol. The first-order chi connectivity index (χ1) is 10.1. The highest BCUT2D eigenvalue weighted by Crippen LogP contribution is 2.31. The quantitative estimate of drug-likeness (QED) is 0.936. The molecule has 3 rings (SSSR count). The Labute approximate surface area is 126 Å². The van der Waals surface area contributed by atoms with Crippen LogP contribution >= 0.6 is 0 Å². The number of aryl methyl sites for hydroxylation is 1. The van der Waals surface area contributed by atoms with Crippen LogP contribution in [0.1, 0.15) is 48.8 Å². The molecule has 0 radical (unpaired) electrons. The lowest BCUT2D eigenvalue weighted by molar-refractivity contribution is 0.547. The van der Waals surface area contributed by atoms with Gasteiger partial charge >= 0.3 is 0 Å². The molecule has 0 saturated carbocycles. The van der Waals surface area contributed by atoms with Crippen LogP contribution in [0.2, 0.25) is 0 Å². The molecule has 0 saturated heterocycles. The Bertz CT molecular complexity index is 634. The molecule has 1 unspecified atom stereocenters. The lowest BCUT2D eigenvalue weighted by Gasteiger charge is -2.24. The van der Waals surface area contributed by atoms with Gasteiger partial charge in [-0.1, -0.05) is 38.1 Å². The highest BCUT2D eigenvalue weighted by molar-refractivity contribution is 5.34. The normalized spacial score (nSPS) is 17.8. The van der Waals surface area contributed by atoms with Gasteiger partial charge in [-0.2, -0.15) is 0 Å². The molecule has 110 valence electrons. The Hall–Kier alpha value is -1.90. The topological polar surface area (TPSA) is 51.8 Å². The first-order valence-corrected chi connectivity index (χ1v) is 7.82. The van der Waals surface area contributed by atoms with Crippen molar-refractivity contribution < 1.29 is 0 Å². The van der Waals surface area contributed by atoms with Crippen molar-refractivity contribution in [3.63, 3.8) is 0 Å². The number of anilines is 1. The maximum atomic E-state index is 5.99. The zero-order valence-electron chi connectivity index (χ0n) is 12.8. The Kier molecular flexibility index (Phi) is 3.91. The van der Waals surface area contributed by atoms with E-state index in [1.54, 1.807) is 0 Å². The average Bonchev–Trinajstić information content (AvgIpc) is 2.45. The van der Waals surface area contributed by atoms with Crippen LogP contribution in [0.15, 0.2) is 30.3 Å². The van der Waals surface area contributed by atoms with Gasteiger partial charge < -0.3 is 5.73 Å². The summed E-state index contributed by atoms with van der Waals surface area (Å²) in [5, 5.41) is 0. The van der Waals surface area contributed by atoms with E-state index in [1.165, 1.54) is 11.1 Å². The van der Waals surface area contributed by atoms with Crippen molar-refractivity contribution >= 4 is 5.82 Å². The van der Waals surface area contributed by atoms with Crippen LogP contribution in [-0.2, 0) is 19.3 Å². The Balaban J connectivity index is 1.86. The van der Waals surface area contributed by atoms with Gasteiger partial charge in [0.25, 0.3) is 0 Å². The SMILES string of the molecule is CC(C)Cc1cc(N)nc(C2CCc3ccccc3C2)n1. The number of hydrogen-bond donors (Lipinski definition) is 1. The second kappa shape index (κ2) is 5.84. The van der Waals surface area contributed by atoms with Crippen LogP contribution in [0.25, 0.3) is 0 Å². The summed E-state index contributed by atoms with van der Waals surface area (Å²) in [6.45, 7) is 4.41. The molecule has 1 aromatic heterocycles. The molecule has 2 aromatic rings. The van der Waals surface area contributed by atoms with E-state index in [0.717, 1.165) is 37.2 Å². The highest BCUT2D eigenvalue weighted by atomic mass is 15.0. The summed E-state index contributed by atoms with van der Waals surface area (Å²) in [5.41, 5.74) is 9.97. The molecule has 2 N–H and O–H groups in total. The molecular weight excluding hydrogens is 258 g/mol. The highest BCUT2D eigenvalue weighted by Gasteiger charge is 2.22. The van der Waals surface area contributed by atoms with Gasteiger partial charge in [-0.25, -0.2) is 9.97 Å². The molecule has 3 heteroatoms. The summed E-state index contributed by atoms with van der Waals surface area (Å²) in [5.74, 6) is 2.52. The number of nitrogen functional groups attached to an aromatic ring is 1. The number of nitrogens with two attached hydrogens (primary N) is 1. The van der Waals surface area contributed by atoms with Gasteiger partial charge in [0, 0.05) is 17.7 Å². The number of rotatable bonds is 3. The van der Waals surface area contributed by atoms with Crippen molar-refractivity contribution in [2.45, 2.75) is 45.4 Å². The number of aromatic nitrogens is 2. The molecule has 0 fully saturated rings. The minimum atomic E-state index is 0.398. The second-order valence-electron chi connectivity index (χ2n) is 6.45. The van der Waals surface area contributed by atoms with Crippen LogP contribution < -0.4 is 5.73 Å². The average molecular weight is 281 g/mol. The van der Waals surface area contributed by atoms with Crippen LogP contribution in [0.4, 0.5) is 5.82 Å². The summed E-state index contributed by atoms with van der Waals surface area (Å²) in [6, 6.07) is 10.6. The number of benzene rings is 1. The Morgan fingerprint density at radius 1 is 1.19 bits per heavy atom. The number of nitrogens with zero attached hydrogens (tertiary/aromatic N) is 2. The zero-order chi connectivity index (χ0) is 14.8. The molecule has 0 amide bonds. The molecular formula is C18H23N3. The van der Waals surface area contributed by atoms with Crippen molar-refractivity contribution in [3.8, 4) is 0 Å². The van der Waals surface area contributed by atoms with Gasteiger partial charge in [0.2, 0.25) is 0 Å². The lowest BCUT2D eigenvalue weighted by atomic mass is 9.83. The third kappa shape index (κ3) is 3.23. The molecule has 0 bridgehead atoms. The van der Waals surface area contributed by atoms with E-state index in [9.17, 15) is 0 Å². The van der Waals surface area contributed by atoms with E-state index in [4.69, 9.17) is 10.7 Å². The number of hydrogen-bond acceptors (Lipinski definition) is 3. The molecule has 1 aliphatic rings. The first-order valence-electron chi connectivity index (χ1n) is 7.82. The van der Waals surface area contributed by atoms with E-state index in [2.05, 4.69) is 43.1 Å². The van der Waals surface area contributed by atoms with Crippen LogP contribution in [-0.4, -0.2) is 9.97 Å². The predicted octanol–water partition coefficient (Wildman–Crippen LogP) is 3.53. The van der Waals surface area contributed by atoms with E-state index in [0.29, 0.717) is 17.7 Å². The molecule has 1 atom stereocenters. The molecule has 1 aliphatic carbocycles. The second-order valence-corrected chi connectivity index (χ2v) is 6.45. The molecule has 21 heavy (non-hydrogen) atoms. The molecule has 0 spiro atoms. The molecule has 0 aliphatic heterocycles. The van der Waals surface area contributed by atoms with Crippen LogP contribution in [0.3, 0.4) is 0 Å². The maximum Gasteiger partial charge on any atom is 0.134 e. The largest absolute Gasteiger partial charge is 0.384 e. The van der Waals surface area contributed by atoms with E-state index in [-0.39, 0.29) is 0 Å². The summed E-state index contributed by atoms with van der Waals surface area (Å²) < 4.78 is 0. The van der Waals surface area contributed by atoms with Gasteiger partial charge in [-0.15, -0.1) is 0 Å². The van der Waals surface area contributed by atoms with Crippen molar-refractivity contribution in [3.05, 3.63) is 53.0 Å². The molecule has 3 nitrogen and oxygen atoms in total. The summed E-state index contributed by atoms with van der Waals surface area (Å²) in [6.07, 6.45) is 4.21. The van der Waals surface area contributed by atoms with E-state index >= 15 is 0 Å². The van der Waals surface area contributed by atoms with E-state index < -0.39 is 0 Å². The minimum Gasteiger partial charge on any atom is -0.384 e. The van der Waals surface area contributed by atoms with Gasteiger partial charge in [0.05, 0.1) is 0 Å². The standard InChI is InChI=1S/C18H23N3/c1-12(2)9-16-11-17(19)21-18(20-16)15-8-7-13-5-3-4-6-14(13)10-15/h3-6,11-12,15H,7-10H2,1-2H3,(H2,19,20,21). The summed E-state index contributed by atoms with van der Waals surface area (Å²) >= 11 is 0. The third-order valence-corrected chi connectivity index (χ3v) is 4.15. The van der Waals surface area contributed by atoms with Gasteiger partial charge in [0.1, 0.15) is 11.6 Å². The zero-order valence-corrected chi connectivity index (χ0v) is 12.8. The van der Waals surface area contributed by atoms with Gasteiger partial charge in [-0.05, 0) is 42.7 Å². The Morgan fingerprint density at radius 2 is 1.95 bits per heavy atom. The third-order valence-electron chi connectivity index (χ3n) is 4.15. The van der Waals surface area contributed by atoms with Crippen LogP contribution in [0.5, 0.6) is 0 Å². The van der Waals surface area contributed by atoms with Crippen molar-refractivity contribution in [1.29, 1.82) is 0 Å². The molecule has 1 aromatic carbocycles. The fourth-order valence-electron chi connectivity index (χ4n) is 3.16. The van der Waals surface area contributed by atoms with Crippen LogP contribution in [0, 0.1) is 5.92 Å². The van der Waals surface area contributed by atoms with Gasteiger partial charge in [0.15, 0.2) is 0 Å². The smallest absolute Gasteiger partial charge is 0.134 e. The molecule has 1 heterocycles. The number of fused-ring (bicyclic) bond motifs is 1. The first kappa shape index (κ1) is 14.1. The summed E-state index contributed by atoms with van der Waals surface area (Å²) in [4.78, 5) is 9.28. The van der Waals surface area contributed by atoms with E-state index in [1.807, 2.05) is 6.07 Å². The lowest BCUT2D eigenvalue weighted by Crippen LogP contribution is -2.17. The van der Waals surface area contributed by atoms with Crippen molar-refractivity contribution in [2.24, 2.45) is 5.92 Å². The maximum absolute atomic E-state index is 5.99. The minimum absolute atomic E-state index is 0.398. The fourth-order valence-corrected chi connectivity index (χ4v) is 3.16. The fraction of sp³-hybridized carbons (Fsp3) is 0.444. The Morgan fingerprint density at radius 3 is 2.71 bits per heavy atom. The van der Waals surface area contributed by atoms with Crippen molar-refractivity contribution in [1.82, 2.24) is 9.97 Å². The van der Waals surface area contributed by atoms with Gasteiger partial charge in [-0.3, -0.25) is 0 Å². The summed E-state index contributed by atoms with van der Waals surface area (Å²) in [7, 11) is 0.